The Kier molecular flexibility index (Phi) is 2.93. The smallest absolute Gasteiger partial charge is 0.329 e. The number of nitrogens with zero attached hydrogens (tertiary/aromatic N) is 2. The number of anilines is 1. The number of carbonyl (C=O) groups excluding carboxylic acids is 2. The largest absolute Gasteiger partial charge is 0.334 e. The summed E-state index contributed by atoms with van der Waals surface area (Å²) >= 11 is 0. The van der Waals surface area contributed by atoms with Crippen molar-refractivity contribution in [3.8, 4) is 0 Å². The lowest BCUT2D eigenvalue weighted by molar-refractivity contribution is -0.384. The van der Waals surface area contributed by atoms with Crippen molar-refractivity contribution in [3.05, 3.63) is 34.4 Å². The molecule has 0 radical (unpaired) electrons. The van der Waals surface area contributed by atoms with E-state index in [4.69, 9.17) is 0 Å². The number of nitro benzene ring substituents is 1. The van der Waals surface area contributed by atoms with E-state index in [0.717, 1.165) is 17.7 Å². The first-order valence-electron chi connectivity index (χ1n) is 6.83. The van der Waals surface area contributed by atoms with Crippen LogP contribution in [0.1, 0.15) is 26.2 Å². The molecule has 1 N–H and O–H groups in total. The highest BCUT2D eigenvalue weighted by atomic mass is 16.6. The van der Waals surface area contributed by atoms with E-state index in [1.807, 2.05) is 6.92 Å². The number of benzene rings is 1. The van der Waals surface area contributed by atoms with Crippen molar-refractivity contribution in [2.45, 2.75) is 32.2 Å². The number of amides is 3. The Balaban J connectivity index is 2.01. The van der Waals surface area contributed by atoms with E-state index in [-0.39, 0.29) is 23.3 Å². The maximum absolute atomic E-state index is 12.7. The summed E-state index contributed by atoms with van der Waals surface area (Å²) in [6.45, 7) is 1.84. The molecule has 3 amide bonds. The van der Waals surface area contributed by atoms with Crippen LogP contribution < -0.4 is 10.2 Å². The first-order chi connectivity index (χ1) is 9.93. The van der Waals surface area contributed by atoms with Crippen molar-refractivity contribution in [2.24, 2.45) is 5.41 Å². The third-order valence-electron chi connectivity index (χ3n) is 4.45. The highest BCUT2D eigenvalue weighted by molar-refractivity contribution is 6.18. The average Bonchev–Trinajstić information content (AvgIpc) is 2.82. The molecule has 1 saturated heterocycles. The van der Waals surface area contributed by atoms with Gasteiger partial charge in [0.15, 0.2) is 0 Å². The minimum Gasteiger partial charge on any atom is -0.334 e. The van der Waals surface area contributed by atoms with E-state index in [9.17, 15) is 19.7 Å². The number of nitro groups is 1. The Morgan fingerprint density at radius 2 is 2.19 bits per heavy atom. The Morgan fingerprint density at radius 1 is 1.43 bits per heavy atom. The van der Waals surface area contributed by atoms with Crippen LogP contribution in [0, 0.1) is 15.5 Å². The van der Waals surface area contributed by atoms with Crippen LogP contribution in [0.4, 0.5) is 16.2 Å². The Bertz CT molecular complexity index is 645. The van der Waals surface area contributed by atoms with Gasteiger partial charge in [0.1, 0.15) is 0 Å². The van der Waals surface area contributed by atoms with Gasteiger partial charge in [-0.2, -0.15) is 0 Å². The van der Waals surface area contributed by atoms with Gasteiger partial charge in [-0.15, -0.1) is 0 Å². The standard InChI is InChI=1S/C14H15N3O4/c1-14-7-3-6-11(14)15-13(19)16(12(14)18)9-4-2-5-10(8-9)17(20)21/h2,4-5,8,11H,3,6-7H2,1H3,(H,15,19). The molecule has 110 valence electrons. The summed E-state index contributed by atoms with van der Waals surface area (Å²) in [5.41, 5.74) is -0.538. The Morgan fingerprint density at radius 3 is 2.90 bits per heavy atom. The first-order valence-corrected chi connectivity index (χ1v) is 6.83. The minimum atomic E-state index is -0.626. The van der Waals surface area contributed by atoms with E-state index < -0.39 is 16.4 Å². The van der Waals surface area contributed by atoms with Crippen molar-refractivity contribution in [2.75, 3.05) is 4.90 Å². The fourth-order valence-corrected chi connectivity index (χ4v) is 3.20. The highest BCUT2D eigenvalue weighted by Crippen LogP contribution is 2.43. The number of nitrogens with one attached hydrogen (secondary N) is 1. The quantitative estimate of drug-likeness (QED) is 0.667. The van der Waals surface area contributed by atoms with Gasteiger partial charge in [0, 0.05) is 18.2 Å². The molecular formula is C14H15N3O4. The average molecular weight is 289 g/mol. The molecule has 0 aromatic heterocycles. The molecule has 7 heteroatoms. The van der Waals surface area contributed by atoms with Crippen molar-refractivity contribution >= 4 is 23.3 Å². The van der Waals surface area contributed by atoms with Crippen LogP contribution in [0.15, 0.2) is 24.3 Å². The monoisotopic (exact) mass is 289 g/mol. The zero-order chi connectivity index (χ0) is 15.2. The van der Waals surface area contributed by atoms with E-state index in [0.29, 0.717) is 6.42 Å². The normalized spacial score (nSPS) is 28.2. The van der Waals surface area contributed by atoms with Crippen LogP contribution in [0.5, 0.6) is 0 Å². The van der Waals surface area contributed by atoms with Gasteiger partial charge < -0.3 is 5.32 Å². The highest BCUT2D eigenvalue weighted by Gasteiger charge is 2.53. The van der Waals surface area contributed by atoms with Gasteiger partial charge in [-0.25, -0.2) is 9.69 Å². The van der Waals surface area contributed by atoms with Gasteiger partial charge in [-0.05, 0) is 25.8 Å². The summed E-state index contributed by atoms with van der Waals surface area (Å²) in [7, 11) is 0. The fraction of sp³-hybridized carbons (Fsp3) is 0.429. The lowest BCUT2D eigenvalue weighted by Crippen LogP contribution is -2.63. The molecule has 2 fully saturated rings. The molecule has 1 heterocycles. The minimum absolute atomic E-state index is 0.146. The molecule has 2 aliphatic rings. The SMILES string of the molecule is CC12CCCC1NC(=O)N(c1cccc([N+](=O)[O-])c1)C2=O. The molecule has 1 aromatic carbocycles. The van der Waals surface area contributed by atoms with Crippen LogP contribution in [-0.2, 0) is 4.79 Å². The number of imide groups is 1. The molecule has 1 aliphatic heterocycles. The van der Waals surface area contributed by atoms with Gasteiger partial charge in [0.25, 0.3) is 5.69 Å². The lowest BCUT2D eigenvalue weighted by atomic mass is 9.81. The number of non-ortho nitro benzene ring substituents is 1. The number of fused-ring (bicyclic) bond motifs is 1. The van der Waals surface area contributed by atoms with E-state index in [2.05, 4.69) is 5.32 Å². The zero-order valence-corrected chi connectivity index (χ0v) is 11.5. The summed E-state index contributed by atoms with van der Waals surface area (Å²) < 4.78 is 0. The number of hydrogen-bond acceptors (Lipinski definition) is 4. The van der Waals surface area contributed by atoms with Crippen LogP contribution in [0.3, 0.4) is 0 Å². The second-order valence-electron chi connectivity index (χ2n) is 5.73. The molecule has 0 spiro atoms. The zero-order valence-electron chi connectivity index (χ0n) is 11.5. The molecule has 2 unspecified atom stereocenters. The Hall–Kier alpha value is -2.44. The molecular weight excluding hydrogens is 274 g/mol. The van der Waals surface area contributed by atoms with Crippen LogP contribution in [0.2, 0.25) is 0 Å². The molecule has 3 rings (SSSR count). The van der Waals surface area contributed by atoms with Crippen molar-refractivity contribution < 1.29 is 14.5 Å². The second-order valence-corrected chi connectivity index (χ2v) is 5.73. The third kappa shape index (κ3) is 1.96. The lowest BCUT2D eigenvalue weighted by Gasteiger charge is -2.40. The van der Waals surface area contributed by atoms with E-state index in [1.54, 1.807) is 0 Å². The van der Waals surface area contributed by atoms with Crippen LogP contribution in [0.25, 0.3) is 0 Å². The summed E-state index contributed by atoms with van der Waals surface area (Å²) in [6, 6.07) is 4.92. The van der Waals surface area contributed by atoms with Crippen LogP contribution >= 0.6 is 0 Å². The summed E-state index contributed by atoms with van der Waals surface area (Å²) in [5.74, 6) is -0.283. The van der Waals surface area contributed by atoms with Crippen molar-refractivity contribution in [1.82, 2.24) is 5.32 Å². The molecule has 1 aromatic rings. The van der Waals surface area contributed by atoms with Gasteiger partial charge >= 0.3 is 6.03 Å². The van der Waals surface area contributed by atoms with E-state index in [1.165, 1.54) is 24.3 Å². The number of rotatable bonds is 2. The summed E-state index contributed by atoms with van der Waals surface area (Å²) in [5, 5.41) is 13.7. The van der Waals surface area contributed by atoms with Crippen molar-refractivity contribution in [1.29, 1.82) is 0 Å². The van der Waals surface area contributed by atoms with Crippen molar-refractivity contribution in [3.63, 3.8) is 0 Å². The topological polar surface area (TPSA) is 92.6 Å². The summed E-state index contributed by atoms with van der Waals surface area (Å²) in [6.07, 6.45) is 2.38. The molecule has 1 aliphatic carbocycles. The maximum atomic E-state index is 12.7. The predicted molar refractivity (Wildman–Crippen MR) is 74.9 cm³/mol. The second kappa shape index (κ2) is 4.54. The van der Waals surface area contributed by atoms with Crippen LogP contribution in [-0.4, -0.2) is 22.9 Å². The number of carbonyl (C=O) groups is 2. The van der Waals surface area contributed by atoms with Gasteiger partial charge in [-0.3, -0.25) is 14.9 Å². The predicted octanol–water partition coefficient (Wildman–Crippen LogP) is 2.21. The number of urea groups is 1. The molecule has 7 nitrogen and oxygen atoms in total. The number of hydrogen-bond donors (Lipinski definition) is 1. The molecule has 21 heavy (non-hydrogen) atoms. The fourth-order valence-electron chi connectivity index (χ4n) is 3.20. The van der Waals surface area contributed by atoms with Gasteiger partial charge in [0.2, 0.25) is 5.91 Å². The summed E-state index contributed by atoms with van der Waals surface area (Å²) in [4.78, 5) is 36.2. The maximum Gasteiger partial charge on any atom is 0.329 e. The van der Waals surface area contributed by atoms with Gasteiger partial charge in [0.05, 0.1) is 16.0 Å². The third-order valence-corrected chi connectivity index (χ3v) is 4.45. The molecule has 0 bridgehead atoms. The van der Waals surface area contributed by atoms with E-state index >= 15 is 0 Å². The molecule has 1 saturated carbocycles. The van der Waals surface area contributed by atoms with Gasteiger partial charge in [-0.1, -0.05) is 12.5 Å². The first kappa shape index (κ1) is 13.5. The molecule has 2 atom stereocenters. The Labute approximate surface area is 121 Å².